The minimum absolute atomic E-state index is 0.00998. The van der Waals surface area contributed by atoms with Crippen LogP contribution in [0.15, 0.2) is 57.7 Å². The van der Waals surface area contributed by atoms with E-state index in [4.69, 9.17) is 8.94 Å². The molecule has 1 aliphatic carbocycles. The van der Waals surface area contributed by atoms with Crippen LogP contribution in [0.5, 0.6) is 0 Å². The molecule has 2 N–H and O–H groups in total. The van der Waals surface area contributed by atoms with E-state index < -0.39 is 23.7 Å². The second-order valence-corrected chi connectivity index (χ2v) is 8.92. The molecule has 1 aliphatic rings. The third kappa shape index (κ3) is 6.59. The van der Waals surface area contributed by atoms with Gasteiger partial charge in [-0.25, -0.2) is 4.39 Å². The maximum Gasteiger partial charge on any atom is 0.247 e. The smallest absolute Gasteiger partial charge is 0.247 e. The predicted molar refractivity (Wildman–Crippen MR) is 128 cm³/mol. The molecule has 3 amide bonds. The molecule has 4 rings (SSSR count). The van der Waals surface area contributed by atoms with Crippen LogP contribution in [0.25, 0.3) is 0 Å². The number of hydrogen-bond acceptors (Lipinski definition) is 6. The van der Waals surface area contributed by atoms with Gasteiger partial charge in [-0.3, -0.25) is 14.4 Å². The number of carbonyl (C=O) groups excluding carboxylic acids is 3. The van der Waals surface area contributed by atoms with E-state index in [9.17, 15) is 18.8 Å². The number of anilines is 1. The molecule has 9 nitrogen and oxygen atoms in total. The van der Waals surface area contributed by atoms with E-state index in [0.29, 0.717) is 17.1 Å². The minimum atomic E-state index is -1.02. The summed E-state index contributed by atoms with van der Waals surface area (Å²) in [5, 5.41) is 9.36. The second-order valence-electron chi connectivity index (χ2n) is 8.92. The van der Waals surface area contributed by atoms with Crippen LogP contribution < -0.4 is 10.6 Å². The van der Waals surface area contributed by atoms with E-state index in [2.05, 4.69) is 15.8 Å². The van der Waals surface area contributed by atoms with E-state index in [-0.39, 0.29) is 37.2 Å². The number of hydrogen-bond donors (Lipinski definition) is 2. The van der Waals surface area contributed by atoms with Gasteiger partial charge < -0.3 is 24.5 Å². The molecule has 0 radical (unpaired) electrons. The van der Waals surface area contributed by atoms with Crippen LogP contribution >= 0.6 is 0 Å². The Hall–Kier alpha value is -3.95. The number of aryl methyl sites for hydroxylation is 1. The van der Waals surface area contributed by atoms with E-state index in [1.807, 2.05) is 0 Å². The standard InChI is InChI=1S/C26H29FN4O5/c1-17-15-22(30-36-17)29-23(32)12-13-24(33)31(16-21-7-4-14-35-21)25(18-8-10-19(27)11-9-18)26(34)28-20-5-2-3-6-20/h4,7-11,14-15,20,25H,2-3,5-6,12-13,16H2,1H3,(H,28,34)(H,29,30,32)/t25-/m0/s1. The van der Waals surface area contributed by atoms with Crippen molar-refractivity contribution in [1.82, 2.24) is 15.4 Å². The third-order valence-electron chi connectivity index (χ3n) is 6.14. The summed E-state index contributed by atoms with van der Waals surface area (Å²) in [7, 11) is 0. The first-order valence-electron chi connectivity index (χ1n) is 12.0. The highest BCUT2D eigenvalue weighted by Crippen LogP contribution is 2.27. The van der Waals surface area contributed by atoms with Crippen LogP contribution in [0.4, 0.5) is 10.2 Å². The molecule has 0 spiro atoms. The number of rotatable bonds is 10. The summed E-state index contributed by atoms with van der Waals surface area (Å²) in [5.41, 5.74) is 0.467. The highest BCUT2D eigenvalue weighted by atomic mass is 19.1. The molecule has 1 fully saturated rings. The highest BCUT2D eigenvalue weighted by Gasteiger charge is 2.34. The zero-order valence-electron chi connectivity index (χ0n) is 20.0. The molecule has 3 aromatic rings. The molecule has 0 aliphatic heterocycles. The van der Waals surface area contributed by atoms with Crippen molar-refractivity contribution in [3.05, 3.63) is 71.6 Å². The van der Waals surface area contributed by atoms with Gasteiger partial charge in [0.1, 0.15) is 23.4 Å². The van der Waals surface area contributed by atoms with Gasteiger partial charge in [0.05, 0.1) is 12.8 Å². The molecule has 10 heteroatoms. The molecule has 0 bridgehead atoms. The first-order valence-corrected chi connectivity index (χ1v) is 12.0. The summed E-state index contributed by atoms with van der Waals surface area (Å²) in [4.78, 5) is 40.8. The Kier molecular flexibility index (Phi) is 8.14. The minimum Gasteiger partial charge on any atom is -0.467 e. The Morgan fingerprint density at radius 3 is 2.53 bits per heavy atom. The fraction of sp³-hybridized carbons (Fsp3) is 0.385. The Balaban J connectivity index is 1.55. The predicted octanol–water partition coefficient (Wildman–Crippen LogP) is 4.26. The summed E-state index contributed by atoms with van der Waals surface area (Å²) < 4.78 is 24.1. The van der Waals surface area contributed by atoms with Gasteiger partial charge in [0, 0.05) is 24.9 Å². The summed E-state index contributed by atoms with van der Waals surface area (Å²) in [5.74, 6) is -0.351. The molecule has 1 aromatic carbocycles. The van der Waals surface area contributed by atoms with Gasteiger partial charge in [-0.15, -0.1) is 0 Å². The summed E-state index contributed by atoms with van der Waals surface area (Å²) >= 11 is 0. The lowest BCUT2D eigenvalue weighted by molar-refractivity contribution is -0.142. The maximum absolute atomic E-state index is 13.7. The number of furan rings is 1. The van der Waals surface area contributed by atoms with Gasteiger partial charge in [-0.05, 0) is 49.6 Å². The van der Waals surface area contributed by atoms with E-state index >= 15 is 0 Å². The molecule has 2 aromatic heterocycles. The molecular weight excluding hydrogens is 467 g/mol. The SMILES string of the molecule is Cc1cc(NC(=O)CCC(=O)N(Cc2ccco2)[C@H](C(=O)NC2CCCC2)c2ccc(F)cc2)no1. The highest BCUT2D eigenvalue weighted by molar-refractivity contribution is 5.94. The molecule has 190 valence electrons. The van der Waals surface area contributed by atoms with Crippen molar-refractivity contribution in [1.29, 1.82) is 0 Å². The molecule has 0 saturated heterocycles. The fourth-order valence-corrected chi connectivity index (χ4v) is 4.36. The second kappa shape index (κ2) is 11.7. The Bertz CT molecular complexity index is 1170. The van der Waals surface area contributed by atoms with Gasteiger partial charge >= 0.3 is 0 Å². The third-order valence-corrected chi connectivity index (χ3v) is 6.14. The lowest BCUT2D eigenvalue weighted by atomic mass is 10.0. The number of benzene rings is 1. The quantitative estimate of drug-likeness (QED) is 0.433. The molecule has 1 saturated carbocycles. The summed E-state index contributed by atoms with van der Waals surface area (Å²) in [6, 6.07) is 9.48. The average Bonchev–Trinajstić information content (AvgIpc) is 3.63. The van der Waals surface area contributed by atoms with Crippen LogP contribution in [-0.2, 0) is 20.9 Å². The van der Waals surface area contributed by atoms with Crippen molar-refractivity contribution >= 4 is 23.5 Å². The maximum atomic E-state index is 13.7. The van der Waals surface area contributed by atoms with Crippen molar-refractivity contribution in [2.24, 2.45) is 0 Å². The van der Waals surface area contributed by atoms with Crippen molar-refractivity contribution < 1.29 is 27.7 Å². The topological polar surface area (TPSA) is 118 Å². The summed E-state index contributed by atoms with van der Waals surface area (Å²) in [6.45, 7) is 1.71. The van der Waals surface area contributed by atoms with Gasteiger partial charge in [0.15, 0.2) is 5.82 Å². The van der Waals surface area contributed by atoms with Crippen LogP contribution in [0, 0.1) is 12.7 Å². The first kappa shape index (κ1) is 25.2. The molecule has 1 atom stereocenters. The van der Waals surface area contributed by atoms with Gasteiger partial charge in [0.2, 0.25) is 17.7 Å². The Labute approximate surface area is 208 Å². The number of aromatic nitrogens is 1. The molecule has 2 heterocycles. The molecule has 0 unspecified atom stereocenters. The van der Waals surface area contributed by atoms with Gasteiger partial charge in [0.25, 0.3) is 0 Å². The zero-order valence-corrected chi connectivity index (χ0v) is 20.0. The van der Waals surface area contributed by atoms with Crippen molar-refractivity contribution in [3.8, 4) is 0 Å². The van der Waals surface area contributed by atoms with Crippen LogP contribution in [0.3, 0.4) is 0 Å². The van der Waals surface area contributed by atoms with Crippen molar-refractivity contribution in [3.63, 3.8) is 0 Å². The van der Waals surface area contributed by atoms with Gasteiger partial charge in [-0.1, -0.05) is 30.1 Å². The van der Waals surface area contributed by atoms with E-state index in [1.165, 1.54) is 35.4 Å². The number of halogens is 1. The lowest BCUT2D eigenvalue weighted by Gasteiger charge is -2.32. The molecule has 36 heavy (non-hydrogen) atoms. The number of nitrogens with one attached hydrogen (secondary N) is 2. The van der Waals surface area contributed by atoms with Crippen molar-refractivity contribution in [2.45, 2.75) is 64.1 Å². The largest absolute Gasteiger partial charge is 0.467 e. The van der Waals surface area contributed by atoms with Crippen LogP contribution in [-0.4, -0.2) is 33.8 Å². The monoisotopic (exact) mass is 496 g/mol. The molecular formula is C26H29FN4O5. The summed E-state index contributed by atoms with van der Waals surface area (Å²) in [6.07, 6.45) is 5.00. The lowest BCUT2D eigenvalue weighted by Crippen LogP contribution is -2.46. The number of nitrogens with zero attached hydrogens (tertiary/aromatic N) is 2. The van der Waals surface area contributed by atoms with E-state index in [0.717, 1.165) is 25.7 Å². The Morgan fingerprint density at radius 1 is 1.14 bits per heavy atom. The Morgan fingerprint density at radius 2 is 1.89 bits per heavy atom. The number of amides is 3. The van der Waals surface area contributed by atoms with Gasteiger partial charge in [-0.2, -0.15) is 0 Å². The zero-order chi connectivity index (χ0) is 25.5. The van der Waals surface area contributed by atoms with Crippen molar-refractivity contribution in [2.75, 3.05) is 5.32 Å². The average molecular weight is 497 g/mol. The number of carbonyl (C=O) groups is 3. The van der Waals surface area contributed by atoms with Crippen LogP contribution in [0.1, 0.15) is 61.7 Å². The fourth-order valence-electron chi connectivity index (χ4n) is 4.36. The normalized spacial score (nSPS) is 14.4. The van der Waals surface area contributed by atoms with E-state index in [1.54, 1.807) is 25.1 Å². The van der Waals surface area contributed by atoms with Crippen LogP contribution in [0.2, 0.25) is 0 Å². The first-order chi connectivity index (χ1) is 17.4.